The van der Waals surface area contributed by atoms with E-state index in [0.717, 1.165) is 12.1 Å². The van der Waals surface area contributed by atoms with Gasteiger partial charge in [-0.1, -0.05) is 6.07 Å². The van der Waals surface area contributed by atoms with Crippen LogP contribution in [0.4, 0.5) is 14.5 Å². The first kappa shape index (κ1) is 19.7. The van der Waals surface area contributed by atoms with Crippen LogP contribution in [0.5, 0.6) is 0 Å². The molecule has 9 heteroatoms. The SMILES string of the molecule is O=C(Nc1cccc(-c2nnco2)c1)C1CCN(C(=O)c2ccc(F)cc2F)CC1. The Labute approximate surface area is 170 Å². The fraction of sp³-hybridized carbons (Fsp3) is 0.238. The van der Waals surface area contributed by atoms with Crippen LogP contribution in [0.25, 0.3) is 11.5 Å². The number of hydrogen-bond acceptors (Lipinski definition) is 5. The predicted molar refractivity (Wildman–Crippen MR) is 103 cm³/mol. The molecule has 0 radical (unpaired) electrons. The van der Waals surface area contributed by atoms with E-state index in [9.17, 15) is 18.4 Å². The Hall–Kier alpha value is -3.62. The molecule has 154 valence electrons. The number of hydrogen-bond donors (Lipinski definition) is 1. The molecule has 2 aromatic carbocycles. The molecule has 4 rings (SSSR count). The standard InChI is InChI=1S/C21H18F2N4O3/c22-15-4-5-17(18(23)11-15)21(29)27-8-6-13(7-9-27)19(28)25-16-3-1-2-14(10-16)20-26-24-12-30-20/h1-5,10-13H,6-9H2,(H,25,28). The van der Waals surface area contributed by atoms with Crippen LogP contribution < -0.4 is 5.32 Å². The molecule has 2 heterocycles. The van der Waals surface area contributed by atoms with Gasteiger partial charge >= 0.3 is 0 Å². The highest BCUT2D eigenvalue weighted by molar-refractivity contribution is 5.95. The van der Waals surface area contributed by atoms with Gasteiger partial charge < -0.3 is 14.6 Å². The molecule has 0 bridgehead atoms. The number of anilines is 1. The molecule has 1 aromatic heterocycles. The number of benzene rings is 2. The van der Waals surface area contributed by atoms with Crippen LogP contribution in [-0.4, -0.2) is 40.0 Å². The average Bonchev–Trinajstić information content (AvgIpc) is 3.29. The maximum absolute atomic E-state index is 13.9. The van der Waals surface area contributed by atoms with Crippen LogP contribution in [0, 0.1) is 17.6 Å². The molecule has 1 N–H and O–H groups in total. The van der Waals surface area contributed by atoms with Gasteiger partial charge in [-0.15, -0.1) is 10.2 Å². The third-order valence-electron chi connectivity index (χ3n) is 5.05. The number of piperidine rings is 1. The molecule has 1 fully saturated rings. The number of carbonyl (C=O) groups excluding carboxylic acids is 2. The van der Waals surface area contributed by atoms with Crippen molar-refractivity contribution in [3.05, 3.63) is 66.1 Å². The van der Waals surface area contributed by atoms with Gasteiger partial charge in [0.05, 0.1) is 5.56 Å². The second-order valence-corrected chi connectivity index (χ2v) is 7.00. The molecular formula is C21H18F2N4O3. The van der Waals surface area contributed by atoms with Crippen molar-refractivity contribution in [2.45, 2.75) is 12.8 Å². The predicted octanol–water partition coefficient (Wildman–Crippen LogP) is 3.51. The van der Waals surface area contributed by atoms with Crippen LogP contribution in [0.15, 0.2) is 53.3 Å². The number of carbonyl (C=O) groups is 2. The number of nitrogens with zero attached hydrogens (tertiary/aromatic N) is 3. The Balaban J connectivity index is 1.35. The molecule has 1 saturated heterocycles. The molecule has 2 amide bonds. The summed E-state index contributed by atoms with van der Waals surface area (Å²) < 4.78 is 32.1. The third-order valence-corrected chi connectivity index (χ3v) is 5.05. The molecule has 1 aliphatic heterocycles. The molecule has 0 saturated carbocycles. The van der Waals surface area contributed by atoms with Crippen molar-refractivity contribution >= 4 is 17.5 Å². The largest absolute Gasteiger partial charge is 0.423 e. The molecule has 0 atom stereocenters. The maximum atomic E-state index is 13.9. The maximum Gasteiger partial charge on any atom is 0.256 e. The smallest absolute Gasteiger partial charge is 0.256 e. The van der Waals surface area contributed by atoms with Gasteiger partial charge in [-0.2, -0.15) is 0 Å². The lowest BCUT2D eigenvalue weighted by molar-refractivity contribution is -0.121. The summed E-state index contributed by atoms with van der Waals surface area (Å²) in [6.07, 6.45) is 2.13. The first-order valence-electron chi connectivity index (χ1n) is 9.43. The molecule has 0 spiro atoms. The fourth-order valence-corrected chi connectivity index (χ4v) is 3.45. The van der Waals surface area contributed by atoms with E-state index in [0.29, 0.717) is 49.1 Å². The molecule has 1 aliphatic rings. The number of halogens is 2. The van der Waals surface area contributed by atoms with Gasteiger partial charge in [0.2, 0.25) is 18.2 Å². The topological polar surface area (TPSA) is 88.3 Å². The van der Waals surface area contributed by atoms with Crippen LogP contribution in [0.2, 0.25) is 0 Å². The van der Waals surface area contributed by atoms with E-state index in [-0.39, 0.29) is 17.4 Å². The number of aromatic nitrogens is 2. The summed E-state index contributed by atoms with van der Waals surface area (Å²) in [5.41, 5.74) is 1.12. The summed E-state index contributed by atoms with van der Waals surface area (Å²) >= 11 is 0. The van der Waals surface area contributed by atoms with Crippen LogP contribution >= 0.6 is 0 Å². The quantitative estimate of drug-likeness (QED) is 0.709. The average molecular weight is 412 g/mol. The van der Waals surface area contributed by atoms with Crippen molar-refractivity contribution in [2.24, 2.45) is 5.92 Å². The number of rotatable bonds is 4. The highest BCUT2D eigenvalue weighted by Crippen LogP contribution is 2.24. The first-order valence-corrected chi connectivity index (χ1v) is 9.43. The van der Waals surface area contributed by atoms with E-state index in [2.05, 4.69) is 15.5 Å². The number of amides is 2. The summed E-state index contributed by atoms with van der Waals surface area (Å²) in [5, 5.41) is 10.4. The minimum atomic E-state index is -0.888. The highest BCUT2D eigenvalue weighted by atomic mass is 19.1. The Morgan fingerprint density at radius 3 is 2.60 bits per heavy atom. The van der Waals surface area contributed by atoms with Gasteiger partial charge in [-0.3, -0.25) is 9.59 Å². The van der Waals surface area contributed by atoms with Crippen molar-refractivity contribution in [2.75, 3.05) is 18.4 Å². The Morgan fingerprint density at radius 2 is 1.90 bits per heavy atom. The minimum absolute atomic E-state index is 0.155. The van der Waals surface area contributed by atoms with E-state index < -0.39 is 17.5 Å². The molecule has 3 aromatic rings. The summed E-state index contributed by atoms with van der Waals surface area (Å²) in [4.78, 5) is 26.6. The Kier molecular flexibility index (Phi) is 5.51. The molecule has 7 nitrogen and oxygen atoms in total. The van der Waals surface area contributed by atoms with Gasteiger partial charge in [0.1, 0.15) is 11.6 Å². The number of likely N-dealkylation sites (tertiary alicyclic amines) is 1. The molecular weight excluding hydrogens is 394 g/mol. The number of nitrogens with one attached hydrogen (secondary N) is 1. The van der Waals surface area contributed by atoms with Crippen molar-refractivity contribution < 1.29 is 22.8 Å². The highest BCUT2D eigenvalue weighted by Gasteiger charge is 2.29. The van der Waals surface area contributed by atoms with Gasteiger partial charge in [-0.05, 0) is 43.2 Å². The van der Waals surface area contributed by atoms with Crippen molar-refractivity contribution in [1.82, 2.24) is 15.1 Å². The summed E-state index contributed by atoms with van der Waals surface area (Å²) in [5.74, 6) is -2.20. The second-order valence-electron chi connectivity index (χ2n) is 7.00. The zero-order valence-corrected chi connectivity index (χ0v) is 15.8. The third kappa shape index (κ3) is 4.19. The van der Waals surface area contributed by atoms with Gasteiger partial charge in [0, 0.05) is 36.3 Å². The molecule has 0 aliphatic carbocycles. The summed E-state index contributed by atoms with van der Waals surface area (Å²) in [6, 6.07) is 9.95. The summed E-state index contributed by atoms with van der Waals surface area (Å²) in [6.45, 7) is 0.630. The Morgan fingerprint density at radius 1 is 1.10 bits per heavy atom. The van der Waals surface area contributed by atoms with Crippen LogP contribution in [0.3, 0.4) is 0 Å². The van der Waals surface area contributed by atoms with Crippen molar-refractivity contribution in [3.8, 4) is 11.5 Å². The monoisotopic (exact) mass is 412 g/mol. The van der Waals surface area contributed by atoms with Crippen molar-refractivity contribution in [3.63, 3.8) is 0 Å². The van der Waals surface area contributed by atoms with Crippen molar-refractivity contribution in [1.29, 1.82) is 0 Å². The lowest BCUT2D eigenvalue weighted by atomic mass is 9.95. The zero-order valence-electron chi connectivity index (χ0n) is 15.8. The minimum Gasteiger partial charge on any atom is -0.423 e. The van der Waals surface area contributed by atoms with Gasteiger partial charge in [-0.25, -0.2) is 8.78 Å². The lowest BCUT2D eigenvalue weighted by Gasteiger charge is -2.31. The molecule has 0 unspecified atom stereocenters. The lowest BCUT2D eigenvalue weighted by Crippen LogP contribution is -2.41. The normalized spacial score (nSPS) is 14.5. The zero-order chi connectivity index (χ0) is 21.1. The van der Waals surface area contributed by atoms with Gasteiger partial charge in [0.15, 0.2) is 0 Å². The van der Waals surface area contributed by atoms with Crippen LogP contribution in [0.1, 0.15) is 23.2 Å². The van der Waals surface area contributed by atoms with Gasteiger partial charge in [0.25, 0.3) is 5.91 Å². The van der Waals surface area contributed by atoms with E-state index in [4.69, 9.17) is 4.42 Å². The Bertz CT molecular complexity index is 1060. The van der Waals surface area contributed by atoms with E-state index in [1.807, 2.05) is 0 Å². The van der Waals surface area contributed by atoms with Crippen LogP contribution in [-0.2, 0) is 4.79 Å². The fourth-order valence-electron chi connectivity index (χ4n) is 3.45. The van der Waals surface area contributed by atoms with E-state index >= 15 is 0 Å². The van der Waals surface area contributed by atoms with E-state index in [1.54, 1.807) is 24.3 Å². The first-order chi connectivity index (χ1) is 14.5. The molecule has 30 heavy (non-hydrogen) atoms. The van der Waals surface area contributed by atoms with E-state index in [1.165, 1.54) is 11.3 Å². The summed E-state index contributed by atoms with van der Waals surface area (Å²) in [7, 11) is 0. The second kappa shape index (κ2) is 8.40.